The third-order valence-corrected chi connectivity index (χ3v) is 4.17. The minimum atomic E-state index is -0.230. The highest BCUT2D eigenvalue weighted by molar-refractivity contribution is 5.83. The summed E-state index contributed by atoms with van der Waals surface area (Å²) in [6, 6.07) is 5.60. The van der Waals surface area contributed by atoms with E-state index in [4.69, 9.17) is 10.00 Å². The molecule has 0 unspecified atom stereocenters. The molecule has 0 aliphatic carbocycles. The van der Waals surface area contributed by atoms with E-state index in [2.05, 4.69) is 15.1 Å². The van der Waals surface area contributed by atoms with Crippen molar-refractivity contribution in [2.45, 2.75) is 32.8 Å². The number of ether oxygens (including phenoxy) is 1. The summed E-state index contributed by atoms with van der Waals surface area (Å²) in [6.07, 6.45) is 4.98. The van der Waals surface area contributed by atoms with Gasteiger partial charge in [-0.1, -0.05) is 0 Å². The van der Waals surface area contributed by atoms with E-state index in [0.717, 1.165) is 28.2 Å². The summed E-state index contributed by atoms with van der Waals surface area (Å²) in [4.78, 5) is 21.0. The van der Waals surface area contributed by atoms with Crippen LogP contribution in [0.1, 0.15) is 41.1 Å². The molecule has 0 saturated carbocycles. The topological polar surface area (TPSA) is 93.2 Å². The first kappa shape index (κ1) is 17.7. The minimum absolute atomic E-state index is 0.0106. The van der Waals surface area contributed by atoms with Gasteiger partial charge in [-0.05, 0) is 25.5 Å². The molecule has 1 atom stereocenters. The van der Waals surface area contributed by atoms with Crippen LogP contribution in [-0.2, 0) is 22.4 Å². The number of Topliss-reactive ketones (excluding diaryl/α,β-unsaturated/α-hetero) is 1. The Hall–Kier alpha value is -3.11. The Balaban J connectivity index is 1.90. The lowest BCUT2D eigenvalue weighted by molar-refractivity contribution is -0.117. The van der Waals surface area contributed by atoms with Gasteiger partial charge in [-0.25, -0.2) is 9.50 Å². The molecule has 0 N–H and O–H groups in total. The summed E-state index contributed by atoms with van der Waals surface area (Å²) < 4.78 is 7.22. The van der Waals surface area contributed by atoms with Crippen LogP contribution >= 0.6 is 0 Å². The number of hydrogen-bond donors (Lipinski definition) is 0. The zero-order chi connectivity index (χ0) is 18.7. The molecule has 0 aliphatic rings. The highest BCUT2D eigenvalue weighted by Gasteiger charge is 2.19. The van der Waals surface area contributed by atoms with Crippen molar-refractivity contribution < 1.29 is 9.53 Å². The van der Waals surface area contributed by atoms with Gasteiger partial charge in [-0.3, -0.25) is 9.78 Å². The molecule has 0 bridgehead atoms. The number of pyridine rings is 1. The van der Waals surface area contributed by atoms with Crippen molar-refractivity contribution in [2.24, 2.45) is 0 Å². The van der Waals surface area contributed by atoms with Crippen LogP contribution < -0.4 is 0 Å². The quantitative estimate of drug-likeness (QED) is 0.678. The fraction of sp³-hybridized carbons (Fsp3) is 0.316. The molecular weight excluding hydrogens is 330 g/mol. The molecule has 0 amide bonds. The van der Waals surface area contributed by atoms with Gasteiger partial charge in [0.05, 0.1) is 23.1 Å². The molecule has 132 valence electrons. The largest absolute Gasteiger partial charge is 0.375 e. The van der Waals surface area contributed by atoms with Crippen LogP contribution in [0.15, 0.2) is 30.7 Å². The maximum Gasteiger partial charge on any atom is 0.155 e. The highest BCUT2D eigenvalue weighted by atomic mass is 16.5. The lowest BCUT2D eigenvalue weighted by Crippen LogP contribution is -2.15. The molecule has 3 rings (SSSR count). The van der Waals surface area contributed by atoms with Gasteiger partial charge in [0, 0.05) is 50.2 Å². The molecule has 0 saturated heterocycles. The Morgan fingerprint density at radius 3 is 2.85 bits per heavy atom. The lowest BCUT2D eigenvalue weighted by atomic mass is 10.0. The standard InChI is InChI=1S/C19H19N5O2/c1-12-4-18-22-11-16(19(13(2)26-3)24(18)23-12)7-17(25)6-14-5-15(8-20)10-21-9-14/h4-5,9-11,13H,6-7H2,1-3H3/t13-/m0/s1. The summed E-state index contributed by atoms with van der Waals surface area (Å²) in [5, 5.41) is 13.4. The monoisotopic (exact) mass is 349 g/mol. The molecule has 0 fully saturated rings. The summed E-state index contributed by atoms with van der Waals surface area (Å²) >= 11 is 0. The van der Waals surface area contributed by atoms with Gasteiger partial charge < -0.3 is 4.74 Å². The van der Waals surface area contributed by atoms with Gasteiger partial charge in [0.25, 0.3) is 0 Å². The van der Waals surface area contributed by atoms with E-state index in [1.165, 1.54) is 6.20 Å². The molecule has 26 heavy (non-hydrogen) atoms. The van der Waals surface area contributed by atoms with Gasteiger partial charge in [0.15, 0.2) is 5.65 Å². The first-order chi connectivity index (χ1) is 12.5. The Bertz CT molecular complexity index is 1000. The van der Waals surface area contributed by atoms with Gasteiger partial charge in [-0.2, -0.15) is 10.4 Å². The van der Waals surface area contributed by atoms with Crippen molar-refractivity contribution >= 4 is 11.4 Å². The number of ketones is 1. The van der Waals surface area contributed by atoms with Crippen molar-refractivity contribution in [1.29, 1.82) is 5.26 Å². The number of carbonyl (C=O) groups excluding carboxylic acids is 1. The van der Waals surface area contributed by atoms with Gasteiger partial charge in [0.1, 0.15) is 11.9 Å². The fourth-order valence-corrected chi connectivity index (χ4v) is 2.93. The van der Waals surface area contributed by atoms with Gasteiger partial charge >= 0.3 is 0 Å². The normalized spacial score (nSPS) is 12.1. The highest BCUT2D eigenvalue weighted by Crippen LogP contribution is 2.22. The zero-order valence-corrected chi connectivity index (χ0v) is 14.9. The fourth-order valence-electron chi connectivity index (χ4n) is 2.93. The third-order valence-electron chi connectivity index (χ3n) is 4.17. The van der Waals surface area contributed by atoms with Crippen LogP contribution in [-0.4, -0.2) is 32.5 Å². The summed E-state index contributed by atoms with van der Waals surface area (Å²) in [5.74, 6) is 0.0106. The van der Waals surface area contributed by atoms with E-state index in [1.54, 1.807) is 30.1 Å². The SMILES string of the molecule is CO[C@@H](C)c1c(CC(=O)Cc2cncc(C#N)c2)cnc2cc(C)nn12. The Morgan fingerprint density at radius 1 is 1.31 bits per heavy atom. The first-order valence-corrected chi connectivity index (χ1v) is 8.24. The summed E-state index contributed by atoms with van der Waals surface area (Å²) in [7, 11) is 1.62. The predicted molar refractivity (Wildman–Crippen MR) is 94.5 cm³/mol. The van der Waals surface area contributed by atoms with Crippen molar-refractivity contribution in [3.05, 3.63) is 58.8 Å². The molecule has 7 heteroatoms. The maximum atomic E-state index is 12.6. The molecule has 7 nitrogen and oxygen atoms in total. The summed E-state index contributed by atoms with van der Waals surface area (Å²) in [6.45, 7) is 3.82. The molecular formula is C19H19N5O2. The number of carbonyl (C=O) groups is 1. The number of methoxy groups -OCH3 is 1. The number of aryl methyl sites for hydroxylation is 1. The van der Waals surface area contributed by atoms with Crippen molar-refractivity contribution in [2.75, 3.05) is 7.11 Å². The molecule has 0 aromatic carbocycles. The van der Waals surface area contributed by atoms with Crippen LogP contribution in [0, 0.1) is 18.3 Å². The van der Waals surface area contributed by atoms with Crippen LogP contribution in [0.25, 0.3) is 5.65 Å². The van der Waals surface area contributed by atoms with Crippen LogP contribution in [0.3, 0.4) is 0 Å². The second-order valence-electron chi connectivity index (χ2n) is 6.19. The van der Waals surface area contributed by atoms with E-state index in [0.29, 0.717) is 5.56 Å². The zero-order valence-electron chi connectivity index (χ0n) is 14.9. The van der Waals surface area contributed by atoms with E-state index in [-0.39, 0.29) is 24.7 Å². The lowest BCUT2D eigenvalue weighted by Gasteiger charge is -2.16. The average molecular weight is 349 g/mol. The molecule has 0 aliphatic heterocycles. The van der Waals surface area contributed by atoms with E-state index < -0.39 is 0 Å². The van der Waals surface area contributed by atoms with Crippen LogP contribution in [0.2, 0.25) is 0 Å². The molecule has 0 spiro atoms. The maximum absolute atomic E-state index is 12.6. The van der Waals surface area contributed by atoms with Crippen molar-refractivity contribution in [1.82, 2.24) is 19.6 Å². The Labute approximate surface area is 151 Å². The van der Waals surface area contributed by atoms with Crippen LogP contribution in [0.5, 0.6) is 0 Å². The predicted octanol–water partition coefficient (Wildman–Crippen LogP) is 2.37. The van der Waals surface area contributed by atoms with E-state index >= 15 is 0 Å². The second kappa shape index (κ2) is 7.42. The van der Waals surface area contributed by atoms with Crippen molar-refractivity contribution in [3.63, 3.8) is 0 Å². The van der Waals surface area contributed by atoms with E-state index in [1.807, 2.05) is 26.0 Å². The Morgan fingerprint density at radius 2 is 2.12 bits per heavy atom. The third kappa shape index (κ3) is 3.60. The van der Waals surface area contributed by atoms with E-state index in [9.17, 15) is 4.79 Å². The Kier molecular flexibility index (Phi) is 5.05. The molecule has 0 radical (unpaired) electrons. The van der Waals surface area contributed by atoms with Gasteiger partial charge in [0.2, 0.25) is 0 Å². The number of nitriles is 1. The molecule has 3 heterocycles. The van der Waals surface area contributed by atoms with Crippen molar-refractivity contribution in [3.8, 4) is 6.07 Å². The second-order valence-corrected chi connectivity index (χ2v) is 6.19. The number of aromatic nitrogens is 4. The summed E-state index contributed by atoms with van der Waals surface area (Å²) in [5.41, 5.74) is 4.35. The number of rotatable bonds is 6. The molecule has 3 aromatic heterocycles. The number of nitrogens with zero attached hydrogens (tertiary/aromatic N) is 5. The smallest absolute Gasteiger partial charge is 0.155 e. The number of hydrogen-bond acceptors (Lipinski definition) is 6. The van der Waals surface area contributed by atoms with Crippen LogP contribution in [0.4, 0.5) is 0 Å². The minimum Gasteiger partial charge on any atom is -0.375 e. The molecule has 3 aromatic rings. The number of fused-ring (bicyclic) bond motifs is 1. The van der Waals surface area contributed by atoms with Gasteiger partial charge in [-0.15, -0.1) is 0 Å². The average Bonchev–Trinajstić information content (AvgIpc) is 3.01. The first-order valence-electron chi connectivity index (χ1n) is 8.24.